The zero-order valence-corrected chi connectivity index (χ0v) is 16.4. The monoisotopic (exact) mass is 379 g/mol. The summed E-state index contributed by atoms with van der Waals surface area (Å²) in [5, 5.41) is 3.19. The van der Waals surface area contributed by atoms with Gasteiger partial charge in [0, 0.05) is 29.0 Å². The maximum absolute atomic E-state index is 6.35. The Kier molecular flexibility index (Phi) is 5.73. The summed E-state index contributed by atoms with van der Waals surface area (Å²) in [7, 11) is 1.71. The van der Waals surface area contributed by atoms with Crippen molar-refractivity contribution in [2.24, 2.45) is 5.92 Å². The molecule has 3 nitrogen and oxygen atoms in total. The molecule has 1 saturated carbocycles. The van der Waals surface area contributed by atoms with Gasteiger partial charge in [0.05, 0.1) is 13.2 Å². The highest BCUT2D eigenvalue weighted by molar-refractivity contribution is 7.09. The Morgan fingerprint density at radius 3 is 2.78 bits per heavy atom. The van der Waals surface area contributed by atoms with Crippen molar-refractivity contribution in [2.75, 3.05) is 7.11 Å². The average molecular weight is 380 g/mol. The molecule has 2 atom stereocenters. The second kappa shape index (κ2) is 8.57. The zero-order chi connectivity index (χ0) is 18.5. The van der Waals surface area contributed by atoms with Crippen molar-refractivity contribution >= 4 is 17.4 Å². The van der Waals surface area contributed by atoms with Crippen molar-refractivity contribution in [2.45, 2.75) is 37.7 Å². The van der Waals surface area contributed by atoms with Crippen LogP contribution in [-0.2, 0) is 0 Å². The highest BCUT2D eigenvalue weighted by Crippen LogP contribution is 2.37. The fraction of sp³-hybridized carbons (Fsp3) is 0.348. The number of nitrogens with zero attached hydrogens (tertiary/aromatic N) is 1. The Hall–Kier alpha value is -2.33. The summed E-state index contributed by atoms with van der Waals surface area (Å²) in [5.41, 5.74) is 1.07. The maximum atomic E-state index is 6.35. The third kappa shape index (κ3) is 4.16. The summed E-state index contributed by atoms with van der Waals surface area (Å²) < 4.78 is 11.9. The van der Waals surface area contributed by atoms with E-state index in [1.165, 1.54) is 12.8 Å². The summed E-state index contributed by atoms with van der Waals surface area (Å²) in [5.74, 6) is 2.24. The van der Waals surface area contributed by atoms with Crippen molar-refractivity contribution in [1.29, 1.82) is 0 Å². The SMILES string of the molecule is COc1cccc(/C=C/C2C=CC=CC2c2nccs2)c1OC1CCCC1. The van der Waals surface area contributed by atoms with E-state index in [1.807, 2.05) is 23.7 Å². The number of rotatable bonds is 6. The van der Waals surface area contributed by atoms with E-state index in [4.69, 9.17) is 9.47 Å². The molecule has 4 heteroatoms. The number of allylic oxidation sites excluding steroid dienone is 5. The minimum atomic E-state index is 0.284. The molecule has 0 saturated heterocycles. The Bertz CT molecular complexity index is 832. The predicted molar refractivity (Wildman–Crippen MR) is 112 cm³/mol. The van der Waals surface area contributed by atoms with Gasteiger partial charge in [0.1, 0.15) is 5.01 Å². The molecule has 2 aromatic rings. The number of hydrogen-bond donors (Lipinski definition) is 0. The first-order valence-corrected chi connectivity index (χ1v) is 10.5. The van der Waals surface area contributed by atoms with E-state index in [9.17, 15) is 0 Å². The molecule has 27 heavy (non-hydrogen) atoms. The van der Waals surface area contributed by atoms with Crippen LogP contribution in [0, 0.1) is 5.92 Å². The first-order valence-electron chi connectivity index (χ1n) is 9.61. The van der Waals surface area contributed by atoms with Crippen LogP contribution in [0.25, 0.3) is 6.08 Å². The quantitative estimate of drug-likeness (QED) is 0.616. The second-order valence-corrected chi connectivity index (χ2v) is 7.93. The highest BCUT2D eigenvalue weighted by Gasteiger charge is 2.22. The zero-order valence-electron chi connectivity index (χ0n) is 15.6. The predicted octanol–water partition coefficient (Wildman–Crippen LogP) is 6.01. The molecule has 2 aliphatic rings. The molecule has 2 aliphatic carbocycles. The molecule has 0 bridgehead atoms. The van der Waals surface area contributed by atoms with E-state index < -0.39 is 0 Å². The van der Waals surface area contributed by atoms with Crippen LogP contribution in [0.1, 0.15) is 42.2 Å². The molecular weight excluding hydrogens is 354 g/mol. The molecule has 0 amide bonds. The van der Waals surface area contributed by atoms with Crippen LogP contribution in [-0.4, -0.2) is 18.2 Å². The lowest BCUT2D eigenvalue weighted by Crippen LogP contribution is -2.12. The first kappa shape index (κ1) is 18.1. The number of ether oxygens (including phenoxy) is 2. The van der Waals surface area contributed by atoms with Crippen LogP contribution in [0.4, 0.5) is 0 Å². The van der Waals surface area contributed by atoms with Gasteiger partial charge < -0.3 is 9.47 Å². The molecular formula is C23H25NO2S. The van der Waals surface area contributed by atoms with Gasteiger partial charge in [-0.15, -0.1) is 11.3 Å². The highest BCUT2D eigenvalue weighted by atomic mass is 32.1. The van der Waals surface area contributed by atoms with Gasteiger partial charge in [-0.05, 0) is 31.7 Å². The third-order valence-corrected chi connectivity index (χ3v) is 6.11. The summed E-state index contributed by atoms with van der Waals surface area (Å²) in [6.45, 7) is 0. The number of aromatic nitrogens is 1. The molecule has 2 unspecified atom stereocenters. The number of thiazole rings is 1. The summed E-state index contributed by atoms with van der Waals surface area (Å²) >= 11 is 1.71. The Balaban J connectivity index is 1.59. The van der Waals surface area contributed by atoms with Crippen LogP contribution in [0.3, 0.4) is 0 Å². The molecule has 1 heterocycles. The molecule has 140 valence electrons. The second-order valence-electron chi connectivity index (χ2n) is 7.01. The number of hydrogen-bond acceptors (Lipinski definition) is 4. The Labute approximate surface area is 165 Å². The lowest BCUT2D eigenvalue weighted by molar-refractivity contribution is 0.200. The van der Waals surface area contributed by atoms with E-state index in [0.717, 1.165) is 34.9 Å². The van der Waals surface area contributed by atoms with Crippen molar-refractivity contribution in [3.05, 3.63) is 70.7 Å². The fourth-order valence-corrected chi connectivity index (χ4v) is 4.57. The molecule has 0 N–H and O–H groups in total. The topological polar surface area (TPSA) is 31.4 Å². The lowest BCUT2D eigenvalue weighted by Gasteiger charge is -2.20. The summed E-state index contributed by atoms with van der Waals surface area (Å²) in [6, 6.07) is 6.10. The normalized spacial score (nSPS) is 22.6. The largest absolute Gasteiger partial charge is 0.493 e. The molecule has 1 aromatic carbocycles. The van der Waals surface area contributed by atoms with Crippen LogP contribution in [0.15, 0.2) is 60.2 Å². The molecule has 0 spiro atoms. The molecule has 4 rings (SSSR count). The van der Waals surface area contributed by atoms with Crippen LogP contribution < -0.4 is 9.47 Å². The smallest absolute Gasteiger partial charge is 0.168 e. The number of methoxy groups -OCH3 is 1. The Morgan fingerprint density at radius 2 is 2.00 bits per heavy atom. The van der Waals surface area contributed by atoms with Gasteiger partial charge in [0.2, 0.25) is 0 Å². The van der Waals surface area contributed by atoms with E-state index in [1.54, 1.807) is 18.4 Å². The molecule has 1 fully saturated rings. The summed E-state index contributed by atoms with van der Waals surface area (Å²) in [6.07, 6.45) is 20.0. The van der Waals surface area contributed by atoms with Gasteiger partial charge in [-0.25, -0.2) is 4.98 Å². The van der Waals surface area contributed by atoms with E-state index in [-0.39, 0.29) is 11.8 Å². The number of para-hydroxylation sites is 1. The van der Waals surface area contributed by atoms with Crippen LogP contribution >= 0.6 is 11.3 Å². The van der Waals surface area contributed by atoms with Crippen molar-refractivity contribution in [1.82, 2.24) is 4.98 Å². The van der Waals surface area contributed by atoms with E-state index in [2.05, 4.69) is 47.5 Å². The summed E-state index contributed by atoms with van der Waals surface area (Å²) in [4.78, 5) is 4.51. The van der Waals surface area contributed by atoms with Gasteiger partial charge in [0.15, 0.2) is 11.5 Å². The lowest BCUT2D eigenvalue weighted by atomic mass is 9.88. The van der Waals surface area contributed by atoms with Crippen LogP contribution in [0.5, 0.6) is 11.5 Å². The van der Waals surface area contributed by atoms with Gasteiger partial charge in [-0.3, -0.25) is 0 Å². The van der Waals surface area contributed by atoms with Crippen LogP contribution in [0.2, 0.25) is 0 Å². The number of benzene rings is 1. The van der Waals surface area contributed by atoms with Crippen molar-refractivity contribution < 1.29 is 9.47 Å². The fourth-order valence-electron chi connectivity index (χ4n) is 3.79. The third-order valence-electron chi connectivity index (χ3n) is 5.23. The van der Waals surface area contributed by atoms with E-state index in [0.29, 0.717) is 6.10 Å². The average Bonchev–Trinajstić information content (AvgIpc) is 3.41. The van der Waals surface area contributed by atoms with Gasteiger partial charge in [0.25, 0.3) is 0 Å². The van der Waals surface area contributed by atoms with Gasteiger partial charge >= 0.3 is 0 Å². The molecule has 0 aliphatic heterocycles. The first-order chi connectivity index (χ1) is 13.3. The minimum absolute atomic E-state index is 0.284. The molecule has 1 aromatic heterocycles. The molecule has 0 radical (unpaired) electrons. The maximum Gasteiger partial charge on any atom is 0.168 e. The Morgan fingerprint density at radius 1 is 1.15 bits per heavy atom. The van der Waals surface area contributed by atoms with Gasteiger partial charge in [-0.2, -0.15) is 0 Å². The standard InChI is InChI=1S/C23H25NO2S/c1-25-21-12-6-8-18(22(21)26-19-9-3-4-10-19)14-13-17-7-2-5-11-20(17)23-24-15-16-27-23/h2,5-8,11-17,19-20H,3-4,9-10H2,1H3/b14-13+. The van der Waals surface area contributed by atoms with E-state index >= 15 is 0 Å². The van der Waals surface area contributed by atoms with Crippen molar-refractivity contribution in [3.63, 3.8) is 0 Å². The van der Waals surface area contributed by atoms with Gasteiger partial charge in [-0.1, -0.05) is 48.6 Å². The van der Waals surface area contributed by atoms with Crippen molar-refractivity contribution in [3.8, 4) is 11.5 Å². The minimum Gasteiger partial charge on any atom is -0.493 e.